The van der Waals surface area contributed by atoms with Gasteiger partial charge in [0.1, 0.15) is 12.4 Å². The molecule has 3 heterocycles. The fourth-order valence-corrected chi connectivity index (χ4v) is 7.56. The zero-order chi connectivity index (χ0) is 34.3. The van der Waals surface area contributed by atoms with Crippen molar-refractivity contribution in [2.75, 3.05) is 27.0 Å². The van der Waals surface area contributed by atoms with E-state index in [1.165, 1.54) is 31.4 Å². The number of carbonyl (C=O) groups is 2. The molecule has 4 aliphatic rings. The van der Waals surface area contributed by atoms with Crippen LogP contribution < -0.4 is 9.47 Å². The molecule has 0 saturated carbocycles. The molecule has 1 spiro atoms. The van der Waals surface area contributed by atoms with Crippen LogP contribution in [0.2, 0.25) is 0 Å². The maximum absolute atomic E-state index is 14.2. The number of non-ortho nitro benzene ring substituents is 1. The molecule has 0 bridgehead atoms. The molecule has 2 aromatic rings. The lowest BCUT2D eigenvalue weighted by atomic mass is 9.77. The van der Waals surface area contributed by atoms with Crippen molar-refractivity contribution in [2.45, 2.75) is 94.2 Å². The monoisotopic (exact) mass is 666 g/mol. The smallest absolute Gasteiger partial charge is 0.339 e. The number of nitro benzene ring substituents is 1. The third-order valence-electron chi connectivity index (χ3n) is 9.94. The van der Waals surface area contributed by atoms with Gasteiger partial charge in [-0.1, -0.05) is 0 Å². The number of carbonyl (C=O) groups excluding carboxylic acids is 2. The van der Waals surface area contributed by atoms with Gasteiger partial charge in [0.2, 0.25) is 6.79 Å². The van der Waals surface area contributed by atoms with Gasteiger partial charge in [-0.3, -0.25) is 19.8 Å². The highest BCUT2D eigenvalue weighted by atomic mass is 16.7. The molecule has 1 aliphatic carbocycles. The molecule has 2 N–H and O–H groups in total. The Balaban J connectivity index is 1.26. The predicted octanol–water partition coefficient (Wildman–Crippen LogP) is 4.06. The summed E-state index contributed by atoms with van der Waals surface area (Å²) in [7, 11) is 1.53. The van der Waals surface area contributed by atoms with Gasteiger partial charge in [0.25, 0.3) is 5.69 Å². The Morgan fingerprint density at radius 1 is 1.10 bits per heavy atom. The largest absolute Gasteiger partial charge is 0.497 e. The average molecular weight is 667 g/mol. The molecule has 258 valence electrons. The van der Waals surface area contributed by atoms with Crippen molar-refractivity contribution in [1.82, 2.24) is 4.90 Å². The Morgan fingerprint density at radius 3 is 2.52 bits per heavy atom. The number of benzene rings is 2. The standard InChI is InChI=1S/C35H42N2O11/c1-33(2,40)11-4-13-35(41,19-29(38)45-20-22-6-8-24(9-7-22)37(42)43)32(39)48-31-28(44-3)18-34-12-5-14-36(34)15-10-23-16-26-27(47-21-46-26)17-25(23)30(31)34/h6-9,16-18,30-31,40-41H,4-5,10-15,19-21H2,1-3H3/t30-,31?,34-,35-/m1/s1. The molecule has 0 aromatic heterocycles. The van der Waals surface area contributed by atoms with E-state index in [1.54, 1.807) is 13.8 Å². The summed E-state index contributed by atoms with van der Waals surface area (Å²) in [4.78, 5) is 40.1. The van der Waals surface area contributed by atoms with Crippen LogP contribution in [0.3, 0.4) is 0 Å². The molecule has 4 atom stereocenters. The number of hydrogen-bond donors (Lipinski definition) is 2. The summed E-state index contributed by atoms with van der Waals surface area (Å²) in [5.41, 5.74) is -1.41. The van der Waals surface area contributed by atoms with Crippen molar-refractivity contribution in [3.05, 3.63) is 75.0 Å². The first kappa shape index (κ1) is 33.7. The Labute approximate surface area is 278 Å². The summed E-state index contributed by atoms with van der Waals surface area (Å²) in [6, 6.07) is 9.48. The van der Waals surface area contributed by atoms with Crippen LogP contribution >= 0.6 is 0 Å². The molecule has 0 radical (unpaired) electrons. The Bertz CT molecular complexity index is 1600. The van der Waals surface area contributed by atoms with E-state index >= 15 is 0 Å². The first-order valence-electron chi connectivity index (χ1n) is 16.3. The molecule has 1 unspecified atom stereocenters. The number of ether oxygens (including phenoxy) is 5. The average Bonchev–Trinajstić information content (AvgIpc) is 3.73. The minimum atomic E-state index is -2.27. The number of methoxy groups -OCH3 is 1. The van der Waals surface area contributed by atoms with Crippen LogP contribution in [0.1, 0.15) is 75.0 Å². The van der Waals surface area contributed by atoms with Crippen LogP contribution in [0.25, 0.3) is 0 Å². The lowest BCUT2D eigenvalue weighted by Crippen LogP contribution is -2.49. The van der Waals surface area contributed by atoms with Gasteiger partial charge in [-0.25, -0.2) is 4.79 Å². The van der Waals surface area contributed by atoms with Crippen LogP contribution in [0.4, 0.5) is 5.69 Å². The highest BCUT2D eigenvalue weighted by Gasteiger charge is 2.59. The zero-order valence-corrected chi connectivity index (χ0v) is 27.4. The molecule has 1 fully saturated rings. The third kappa shape index (κ3) is 6.58. The Morgan fingerprint density at radius 2 is 1.83 bits per heavy atom. The SMILES string of the molecule is COC1=C[C@@]23CCCN2CCc2cc4c(cc2[C@@H]3C1OC(=O)[C@@](O)(CCCC(C)(C)O)CC(=O)OCc1ccc([N+](=O)[O-])cc1)OCO4. The third-order valence-corrected chi connectivity index (χ3v) is 9.94. The number of aliphatic hydroxyl groups is 2. The van der Waals surface area contributed by atoms with E-state index < -0.39 is 46.1 Å². The van der Waals surface area contributed by atoms with Gasteiger partial charge in [0.15, 0.2) is 23.2 Å². The molecule has 6 rings (SSSR count). The van der Waals surface area contributed by atoms with Crippen molar-refractivity contribution < 1.29 is 48.4 Å². The molecular formula is C35H42N2O11. The van der Waals surface area contributed by atoms with Gasteiger partial charge in [-0.15, -0.1) is 0 Å². The summed E-state index contributed by atoms with van der Waals surface area (Å²) in [5.74, 6) is -0.469. The molecule has 48 heavy (non-hydrogen) atoms. The summed E-state index contributed by atoms with van der Waals surface area (Å²) >= 11 is 0. The van der Waals surface area contributed by atoms with Crippen LogP contribution in [-0.4, -0.2) is 81.8 Å². The van der Waals surface area contributed by atoms with Gasteiger partial charge in [-0.2, -0.15) is 0 Å². The van der Waals surface area contributed by atoms with E-state index in [4.69, 9.17) is 23.7 Å². The quantitative estimate of drug-likeness (QED) is 0.190. The summed E-state index contributed by atoms with van der Waals surface area (Å²) in [5, 5.41) is 33.2. The number of nitrogens with zero attached hydrogens (tertiary/aromatic N) is 2. The molecule has 1 saturated heterocycles. The normalized spacial score (nSPS) is 24.0. The minimum Gasteiger partial charge on any atom is -0.497 e. The van der Waals surface area contributed by atoms with Crippen LogP contribution in [0.5, 0.6) is 11.5 Å². The van der Waals surface area contributed by atoms with Gasteiger partial charge in [-0.05, 0) is 106 Å². The van der Waals surface area contributed by atoms with Gasteiger partial charge in [0.05, 0.1) is 35.5 Å². The van der Waals surface area contributed by atoms with Crippen molar-refractivity contribution in [3.63, 3.8) is 0 Å². The number of fused-ring (bicyclic) bond motifs is 3. The summed E-state index contributed by atoms with van der Waals surface area (Å²) in [6.07, 6.45) is 3.29. The number of hydrogen-bond acceptors (Lipinski definition) is 12. The molecule has 13 heteroatoms. The van der Waals surface area contributed by atoms with Gasteiger partial charge >= 0.3 is 11.9 Å². The van der Waals surface area contributed by atoms with Crippen LogP contribution in [0.15, 0.2) is 48.2 Å². The lowest BCUT2D eigenvalue weighted by molar-refractivity contribution is -0.384. The molecule has 3 aliphatic heterocycles. The van der Waals surface area contributed by atoms with E-state index in [9.17, 15) is 29.9 Å². The maximum Gasteiger partial charge on any atom is 0.339 e. The molecule has 2 aromatic carbocycles. The van der Waals surface area contributed by atoms with Crippen molar-refractivity contribution in [1.29, 1.82) is 0 Å². The second kappa shape index (κ2) is 13.0. The lowest BCUT2D eigenvalue weighted by Gasteiger charge is -2.39. The van der Waals surface area contributed by atoms with E-state index in [-0.39, 0.29) is 44.3 Å². The van der Waals surface area contributed by atoms with Gasteiger partial charge in [0, 0.05) is 18.7 Å². The van der Waals surface area contributed by atoms with Crippen LogP contribution in [-0.2, 0) is 36.8 Å². The number of esters is 2. The first-order valence-corrected chi connectivity index (χ1v) is 16.3. The van der Waals surface area contributed by atoms with E-state index in [2.05, 4.69) is 4.90 Å². The highest BCUT2D eigenvalue weighted by Crippen LogP contribution is 2.55. The second-order valence-electron chi connectivity index (χ2n) is 13.7. The van der Waals surface area contributed by atoms with E-state index in [0.717, 1.165) is 43.5 Å². The molecule has 13 nitrogen and oxygen atoms in total. The van der Waals surface area contributed by atoms with Gasteiger partial charge < -0.3 is 33.9 Å². The van der Waals surface area contributed by atoms with Crippen molar-refractivity contribution in [2.24, 2.45) is 0 Å². The Kier molecular flexibility index (Phi) is 9.14. The molecule has 0 amide bonds. The van der Waals surface area contributed by atoms with Crippen molar-refractivity contribution >= 4 is 17.6 Å². The predicted molar refractivity (Wildman–Crippen MR) is 170 cm³/mol. The maximum atomic E-state index is 14.2. The van der Waals surface area contributed by atoms with Crippen molar-refractivity contribution in [3.8, 4) is 11.5 Å². The van der Waals surface area contributed by atoms with E-state index in [0.29, 0.717) is 22.8 Å². The zero-order valence-electron chi connectivity index (χ0n) is 27.4. The molecular weight excluding hydrogens is 624 g/mol. The minimum absolute atomic E-state index is 0.102. The van der Waals surface area contributed by atoms with E-state index in [1.807, 2.05) is 18.2 Å². The number of nitro groups is 1. The topological polar surface area (TPSA) is 167 Å². The van der Waals surface area contributed by atoms with Crippen LogP contribution in [0, 0.1) is 10.1 Å². The summed E-state index contributed by atoms with van der Waals surface area (Å²) in [6.45, 7) is 4.82. The Hall–Kier alpha value is -4.20. The first-order chi connectivity index (χ1) is 22.8. The summed E-state index contributed by atoms with van der Waals surface area (Å²) < 4.78 is 28.9. The fraction of sp³-hybridized carbons (Fsp3) is 0.543. The fourth-order valence-electron chi connectivity index (χ4n) is 7.56. The highest BCUT2D eigenvalue weighted by molar-refractivity contribution is 5.86. The number of rotatable bonds is 12. The second-order valence-corrected chi connectivity index (χ2v) is 13.7.